The summed E-state index contributed by atoms with van der Waals surface area (Å²) in [5.74, 6) is -1.14. The van der Waals surface area contributed by atoms with Crippen LogP contribution in [0.2, 0.25) is 0 Å². The van der Waals surface area contributed by atoms with Crippen molar-refractivity contribution in [2.45, 2.75) is 18.3 Å². The minimum absolute atomic E-state index is 0.0478. The fourth-order valence-corrected chi connectivity index (χ4v) is 5.89. The van der Waals surface area contributed by atoms with Crippen LogP contribution in [0.3, 0.4) is 0 Å². The zero-order valence-electron chi connectivity index (χ0n) is 17.3. The van der Waals surface area contributed by atoms with E-state index in [1.807, 2.05) is 25.1 Å². The largest absolute Gasteiger partial charge is 0.311 e. The molecule has 0 N–H and O–H groups in total. The summed E-state index contributed by atoms with van der Waals surface area (Å²) in [6.45, 7) is 2.52. The summed E-state index contributed by atoms with van der Waals surface area (Å²) in [5, 5.41) is 0. The molecular formula is C25H20F2N2O2S. The lowest BCUT2D eigenvalue weighted by molar-refractivity contribution is -0.123. The average Bonchev–Trinajstić information content (AvgIpc) is 3.32. The fraction of sp³-hybridized carbons (Fsp3) is 0.200. The summed E-state index contributed by atoms with van der Waals surface area (Å²) < 4.78 is 27.8. The number of carbonyl (C=O) groups is 2. The molecule has 3 aromatic rings. The van der Waals surface area contributed by atoms with Gasteiger partial charge in [0, 0.05) is 17.9 Å². The van der Waals surface area contributed by atoms with Crippen LogP contribution in [0.15, 0.2) is 66.7 Å². The first kappa shape index (κ1) is 20.7. The number of hydrogen-bond donors (Lipinski definition) is 0. The summed E-state index contributed by atoms with van der Waals surface area (Å²) in [5.41, 5.74) is 3.14. The monoisotopic (exact) mass is 450 g/mol. The molecule has 7 heteroatoms. The lowest BCUT2D eigenvalue weighted by Gasteiger charge is -2.33. The molecular weight excluding hydrogens is 430 g/mol. The fourth-order valence-electron chi connectivity index (χ4n) is 4.44. The molecule has 1 fully saturated rings. The van der Waals surface area contributed by atoms with E-state index in [9.17, 15) is 18.4 Å². The van der Waals surface area contributed by atoms with Gasteiger partial charge in [-0.15, -0.1) is 11.8 Å². The predicted octanol–water partition coefficient (Wildman–Crippen LogP) is 4.86. The Labute approximate surface area is 188 Å². The average molecular weight is 451 g/mol. The summed E-state index contributed by atoms with van der Waals surface area (Å²) in [7, 11) is 0. The highest BCUT2D eigenvalue weighted by Crippen LogP contribution is 2.55. The van der Waals surface area contributed by atoms with Crippen LogP contribution in [0.25, 0.3) is 0 Å². The number of carbonyl (C=O) groups excluding carboxylic acids is 2. The van der Waals surface area contributed by atoms with Gasteiger partial charge in [0.05, 0.1) is 17.8 Å². The Morgan fingerprint density at radius 2 is 1.81 bits per heavy atom. The van der Waals surface area contributed by atoms with Crippen LogP contribution >= 0.6 is 11.8 Å². The molecule has 2 aliphatic heterocycles. The Hall–Kier alpha value is -3.19. The third kappa shape index (κ3) is 3.11. The molecule has 2 aliphatic rings. The van der Waals surface area contributed by atoms with Crippen LogP contribution in [-0.4, -0.2) is 29.0 Å². The van der Waals surface area contributed by atoms with E-state index in [1.165, 1.54) is 47.0 Å². The van der Waals surface area contributed by atoms with Gasteiger partial charge in [-0.2, -0.15) is 0 Å². The molecule has 162 valence electrons. The number of nitrogens with zero attached hydrogens (tertiary/aromatic N) is 2. The Kier molecular flexibility index (Phi) is 5.01. The Morgan fingerprint density at radius 3 is 2.56 bits per heavy atom. The number of benzene rings is 3. The van der Waals surface area contributed by atoms with Crippen molar-refractivity contribution in [2.75, 3.05) is 17.2 Å². The number of anilines is 1. The van der Waals surface area contributed by atoms with E-state index >= 15 is 0 Å². The quantitative estimate of drug-likeness (QED) is 0.572. The highest BCUT2D eigenvalue weighted by atomic mass is 32.2. The Morgan fingerprint density at radius 1 is 1.06 bits per heavy atom. The van der Waals surface area contributed by atoms with E-state index in [2.05, 4.69) is 0 Å². The van der Waals surface area contributed by atoms with Crippen molar-refractivity contribution in [1.82, 2.24) is 4.90 Å². The van der Waals surface area contributed by atoms with Crippen LogP contribution in [0, 0.1) is 18.6 Å². The van der Waals surface area contributed by atoms with E-state index < -0.39 is 16.6 Å². The van der Waals surface area contributed by atoms with Gasteiger partial charge < -0.3 is 9.80 Å². The Bertz CT molecular complexity index is 1230. The van der Waals surface area contributed by atoms with Crippen molar-refractivity contribution in [2.24, 2.45) is 0 Å². The highest BCUT2D eigenvalue weighted by Gasteiger charge is 2.59. The van der Waals surface area contributed by atoms with E-state index in [-0.39, 0.29) is 23.8 Å². The number of rotatable bonds is 3. The molecule has 0 unspecified atom stereocenters. The molecule has 3 aromatic carbocycles. The van der Waals surface area contributed by atoms with Crippen LogP contribution in [0.5, 0.6) is 0 Å². The summed E-state index contributed by atoms with van der Waals surface area (Å²) >= 11 is 1.40. The SMILES string of the molecule is Cc1ccc2c(c1)[C@@]1(SCCN1C(=O)c1ccccc1F)C(=O)N2Cc1ccc(F)cc1. The number of amides is 2. The standard InChI is InChI=1S/C25H20F2N2O2S/c1-16-6-11-22-20(14-16)25(24(31)28(22)15-17-7-9-18(26)10-8-17)29(12-13-32-25)23(30)19-4-2-3-5-21(19)27/h2-11,14H,12-13,15H2,1H3/t25-/m1/s1. The maximum atomic E-state index is 14.4. The van der Waals surface area contributed by atoms with Gasteiger partial charge in [-0.1, -0.05) is 42.0 Å². The van der Waals surface area contributed by atoms with E-state index in [0.717, 1.165) is 16.7 Å². The van der Waals surface area contributed by atoms with Crippen LogP contribution in [0.4, 0.5) is 14.5 Å². The topological polar surface area (TPSA) is 40.6 Å². The third-order valence-electron chi connectivity index (χ3n) is 5.95. The predicted molar refractivity (Wildman–Crippen MR) is 120 cm³/mol. The molecule has 32 heavy (non-hydrogen) atoms. The molecule has 1 saturated heterocycles. The normalized spacial score (nSPS) is 19.7. The minimum Gasteiger partial charge on any atom is -0.311 e. The molecule has 1 spiro atoms. The maximum Gasteiger partial charge on any atom is 0.268 e. The van der Waals surface area contributed by atoms with Gasteiger partial charge in [0.2, 0.25) is 0 Å². The number of hydrogen-bond acceptors (Lipinski definition) is 3. The van der Waals surface area contributed by atoms with E-state index in [0.29, 0.717) is 18.0 Å². The van der Waals surface area contributed by atoms with Gasteiger partial charge in [0.25, 0.3) is 11.8 Å². The van der Waals surface area contributed by atoms with Crippen molar-refractivity contribution in [3.05, 3.63) is 101 Å². The molecule has 0 aliphatic carbocycles. The number of aryl methyl sites for hydroxylation is 1. The molecule has 0 aromatic heterocycles. The van der Waals surface area contributed by atoms with Gasteiger partial charge in [-0.3, -0.25) is 9.59 Å². The van der Waals surface area contributed by atoms with Gasteiger partial charge in [0.1, 0.15) is 11.6 Å². The second-order valence-electron chi connectivity index (χ2n) is 7.97. The first-order valence-corrected chi connectivity index (χ1v) is 11.3. The lowest BCUT2D eigenvalue weighted by atomic mass is 10.0. The first-order chi connectivity index (χ1) is 15.4. The number of fused-ring (bicyclic) bond motifs is 2. The van der Waals surface area contributed by atoms with Crippen LogP contribution in [0.1, 0.15) is 27.0 Å². The van der Waals surface area contributed by atoms with Gasteiger partial charge in [-0.25, -0.2) is 8.78 Å². The van der Waals surface area contributed by atoms with E-state index in [4.69, 9.17) is 0 Å². The molecule has 5 rings (SSSR count). The van der Waals surface area contributed by atoms with Crippen molar-refractivity contribution in [3.8, 4) is 0 Å². The number of thioether (sulfide) groups is 1. The third-order valence-corrected chi connectivity index (χ3v) is 7.37. The Balaban J connectivity index is 1.60. The molecule has 0 bridgehead atoms. The molecule has 0 saturated carbocycles. The van der Waals surface area contributed by atoms with Crippen molar-refractivity contribution in [3.63, 3.8) is 0 Å². The van der Waals surface area contributed by atoms with Gasteiger partial charge >= 0.3 is 0 Å². The molecule has 1 atom stereocenters. The van der Waals surface area contributed by atoms with E-state index in [1.54, 1.807) is 23.1 Å². The lowest BCUT2D eigenvalue weighted by Crippen LogP contribution is -2.50. The molecule has 4 nitrogen and oxygen atoms in total. The van der Waals surface area contributed by atoms with Crippen LogP contribution < -0.4 is 4.90 Å². The van der Waals surface area contributed by atoms with Crippen LogP contribution in [-0.2, 0) is 16.2 Å². The molecule has 2 amide bonds. The summed E-state index contributed by atoms with van der Waals surface area (Å²) in [6, 6.07) is 17.6. The highest BCUT2D eigenvalue weighted by molar-refractivity contribution is 8.01. The van der Waals surface area contributed by atoms with Gasteiger partial charge in [0.15, 0.2) is 4.87 Å². The number of halogens is 2. The summed E-state index contributed by atoms with van der Waals surface area (Å²) in [6.07, 6.45) is 0. The zero-order valence-corrected chi connectivity index (χ0v) is 18.2. The maximum absolute atomic E-state index is 14.4. The second kappa shape index (κ2) is 7.74. The molecule has 2 heterocycles. The van der Waals surface area contributed by atoms with Crippen molar-refractivity contribution >= 4 is 29.3 Å². The van der Waals surface area contributed by atoms with Crippen molar-refractivity contribution in [1.29, 1.82) is 0 Å². The summed E-state index contributed by atoms with van der Waals surface area (Å²) in [4.78, 5) is 29.3. The second-order valence-corrected chi connectivity index (χ2v) is 9.26. The zero-order chi connectivity index (χ0) is 22.5. The smallest absolute Gasteiger partial charge is 0.268 e. The van der Waals surface area contributed by atoms with Crippen molar-refractivity contribution < 1.29 is 18.4 Å². The molecule has 0 radical (unpaired) electrons. The first-order valence-electron chi connectivity index (χ1n) is 10.3. The minimum atomic E-state index is -1.25. The van der Waals surface area contributed by atoms with Gasteiger partial charge in [-0.05, 0) is 42.8 Å².